The van der Waals surface area contributed by atoms with Crippen LogP contribution in [0.4, 0.5) is 6.01 Å². The molecule has 0 saturated carbocycles. The van der Waals surface area contributed by atoms with Gasteiger partial charge in [0, 0.05) is 13.5 Å². The average molecular weight is 168 g/mol. The zero-order chi connectivity index (χ0) is 9.14. The molecule has 12 heavy (non-hydrogen) atoms. The van der Waals surface area contributed by atoms with Gasteiger partial charge in [-0.25, -0.2) is 0 Å². The summed E-state index contributed by atoms with van der Waals surface area (Å²) in [5, 5.41) is 0. The highest BCUT2D eigenvalue weighted by Gasteiger charge is 2.13. The minimum absolute atomic E-state index is 0.0562. The fourth-order valence-electron chi connectivity index (χ4n) is 0.958. The van der Waals surface area contributed by atoms with Crippen molar-refractivity contribution >= 4 is 11.9 Å². The number of rotatable bonds is 2. The van der Waals surface area contributed by atoms with Crippen molar-refractivity contribution in [1.82, 2.24) is 4.98 Å². The fourth-order valence-corrected chi connectivity index (χ4v) is 0.958. The van der Waals surface area contributed by atoms with Crippen LogP contribution >= 0.6 is 0 Å². The van der Waals surface area contributed by atoms with E-state index in [1.54, 1.807) is 0 Å². The molecule has 0 fully saturated rings. The summed E-state index contributed by atoms with van der Waals surface area (Å²) in [5.74, 6) is -0.0562. The lowest BCUT2D eigenvalue weighted by Crippen LogP contribution is -2.28. The van der Waals surface area contributed by atoms with Crippen LogP contribution in [0.15, 0.2) is 10.7 Å². The summed E-state index contributed by atoms with van der Waals surface area (Å²) in [6.07, 6.45) is 1.53. The molecule has 0 N–H and O–H groups in total. The molecular weight excluding hydrogens is 156 g/mol. The molecule has 0 atom stereocenters. The third-order valence-electron chi connectivity index (χ3n) is 1.53. The zero-order valence-corrected chi connectivity index (χ0v) is 7.50. The second-order valence-electron chi connectivity index (χ2n) is 2.53. The monoisotopic (exact) mass is 168 g/mol. The number of amides is 1. The molecule has 0 aromatic carbocycles. The first-order chi connectivity index (χ1) is 5.65. The van der Waals surface area contributed by atoms with Gasteiger partial charge in [0.25, 0.3) is 0 Å². The molecule has 0 radical (unpaired) electrons. The van der Waals surface area contributed by atoms with Gasteiger partial charge in [0.15, 0.2) is 0 Å². The van der Waals surface area contributed by atoms with Crippen molar-refractivity contribution in [1.29, 1.82) is 0 Å². The number of anilines is 1. The smallest absolute Gasteiger partial charge is 0.304 e. The fraction of sp³-hybridized carbons (Fsp3) is 0.500. The van der Waals surface area contributed by atoms with Gasteiger partial charge in [0.2, 0.25) is 5.91 Å². The molecule has 1 aromatic rings. The van der Waals surface area contributed by atoms with Crippen molar-refractivity contribution in [3.8, 4) is 0 Å². The Hall–Kier alpha value is -1.32. The summed E-state index contributed by atoms with van der Waals surface area (Å²) in [6, 6.07) is 0.377. The van der Waals surface area contributed by atoms with Gasteiger partial charge in [-0.15, -0.1) is 0 Å². The Morgan fingerprint density at radius 1 is 1.75 bits per heavy atom. The molecule has 0 spiro atoms. The van der Waals surface area contributed by atoms with Gasteiger partial charge in [0.1, 0.15) is 6.26 Å². The number of aromatic nitrogens is 1. The molecule has 0 saturated heterocycles. The standard InChI is InChI=1S/C8H12N2O2/c1-4-10(7(3)11)8-9-6(2)5-12-8/h5H,4H2,1-3H3. The van der Waals surface area contributed by atoms with Crippen LogP contribution < -0.4 is 4.90 Å². The highest BCUT2D eigenvalue weighted by molar-refractivity contribution is 5.88. The Labute approximate surface area is 71.2 Å². The summed E-state index contributed by atoms with van der Waals surface area (Å²) >= 11 is 0. The van der Waals surface area contributed by atoms with Crippen LogP contribution in [-0.4, -0.2) is 17.4 Å². The summed E-state index contributed by atoms with van der Waals surface area (Å²) in [7, 11) is 0. The second-order valence-corrected chi connectivity index (χ2v) is 2.53. The predicted molar refractivity (Wildman–Crippen MR) is 44.9 cm³/mol. The minimum Gasteiger partial charge on any atom is -0.431 e. The van der Waals surface area contributed by atoms with Crippen LogP contribution in [0.25, 0.3) is 0 Å². The molecule has 1 rings (SSSR count). The van der Waals surface area contributed by atoms with Gasteiger partial charge in [0.05, 0.1) is 5.69 Å². The third kappa shape index (κ3) is 1.64. The Balaban J connectivity index is 2.87. The average Bonchev–Trinajstić information content (AvgIpc) is 2.37. The van der Waals surface area contributed by atoms with Gasteiger partial charge in [-0.1, -0.05) is 0 Å². The Bertz CT molecular complexity index is 280. The minimum atomic E-state index is -0.0562. The Kier molecular flexibility index (Phi) is 2.47. The number of nitrogens with zero attached hydrogens (tertiary/aromatic N) is 2. The molecule has 0 bridgehead atoms. The van der Waals surface area contributed by atoms with E-state index >= 15 is 0 Å². The number of hydrogen-bond acceptors (Lipinski definition) is 3. The van der Waals surface area contributed by atoms with Crippen LogP contribution in [0.1, 0.15) is 19.5 Å². The molecule has 0 unspecified atom stereocenters. The molecule has 0 aliphatic heterocycles. The largest absolute Gasteiger partial charge is 0.431 e. The number of hydrogen-bond donors (Lipinski definition) is 0. The van der Waals surface area contributed by atoms with Gasteiger partial charge in [-0.3, -0.25) is 9.69 Å². The number of carbonyl (C=O) groups excluding carboxylic acids is 1. The van der Waals surface area contributed by atoms with E-state index < -0.39 is 0 Å². The topological polar surface area (TPSA) is 46.3 Å². The van der Waals surface area contributed by atoms with E-state index in [9.17, 15) is 4.79 Å². The van der Waals surface area contributed by atoms with Gasteiger partial charge >= 0.3 is 6.01 Å². The third-order valence-corrected chi connectivity index (χ3v) is 1.53. The number of aryl methyl sites for hydroxylation is 1. The van der Waals surface area contributed by atoms with Gasteiger partial charge in [-0.2, -0.15) is 4.98 Å². The van der Waals surface area contributed by atoms with E-state index in [0.717, 1.165) is 5.69 Å². The summed E-state index contributed by atoms with van der Waals surface area (Å²) < 4.78 is 5.07. The molecule has 4 nitrogen and oxygen atoms in total. The molecule has 0 aliphatic rings. The quantitative estimate of drug-likeness (QED) is 0.669. The molecular formula is C8H12N2O2. The molecule has 1 heterocycles. The van der Waals surface area contributed by atoms with Gasteiger partial charge in [-0.05, 0) is 13.8 Å². The van der Waals surface area contributed by atoms with E-state index in [2.05, 4.69) is 4.98 Å². The Morgan fingerprint density at radius 3 is 2.75 bits per heavy atom. The molecule has 0 aliphatic carbocycles. The maximum Gasteiger partial charge on any atom is 0.304 e. The predicted octanol–water partition coefficient (Wildman–Crippen LogP) is 1.36. The second kappa shape index (κ2) is 3.38. The van der Waals surface area contributed by atoms with Crippen LogP contribution in [0.2, 0.25) is 0 Å². The van der Waals surface area contributed by atoms with Crippen molar-refractivity contribution in [2.75, 3.05) is 11.4 Å². The lowest BCUT2D eigenvalue weighted by Gasteiger charge is -2.12. The van der Waals surface area contributed by atoms with Crippen molar-refractivity contribution in [2.24, 2.45) is 0 Å². The lowest BCUT2D eigenvalue weighted by molar-refractivity contribution is -0.116. The van der Waals surface area contributed by atoms with Crippen molar-refractivity contribution < 1.29 is 9.21 Å². The first kappa shape index (κ1) is 8.77. The molecule has 1 aromatic heterocycles. The van der Waals surface area contributed by atoms with Crippen LogP contribution in [0, 0.1) is 6.92 Å². The first-order valence-electron chi connectivity index (χ1n) is 3.85. The first-order valence-corrected chi connectivity index (χ1v) is 3.85. The summed E-state index contributed by atoms with van der Waals surface area (Å²) in [5.41, 5.74) is 0.782. The van der Waals surface area contributed by atoms with E-state index in [4.69, 9.17) is 4.42 Å². The Morgan fingerprint density at radius 2 is 2.42 bits per heavy atom. The maximum absolute atomic E-state index is 11.0. The summed E-state index contributed by atoms with van der Waals surface area (Å²) in [6.45, 7) is 5.76. The number of oxazole rings is 1. The van der Waals surface area contributed by atoms with Crippen molar-refractivity contribution in [3.05, 3.63) is 12.0 Å². The van der Waals surface area contributed by atoms with E-state index in [-0.39, 0.29) is 5.91 Å². The van der Waals surface area contributed by atoms with E-state index in [0.29, 0.717) is 12.6 Å². The number of carbonyl (C=O) groups is 1. The molecule has 4 heteroatoms. The van der Waals surface area contributed by atoms with E-state index in [1.165, 1.54) is 18.1 Å². The molecule has 1 amide bonds. The van der Waals surface area contributed by atoms with Crippen LogP contribution in [0.5, 0.6) is 0 Å². The van der Waals surface area contributed by atoms with Crippen molar-refractivity contribution in [2.45, 2.75) is 20.8 Å². The highest BCUT2D eigenvalue weighted by atomic mass is 16.4. The summed E-state index contributed by atoms with van der Waals surface area (Å²) in [4.78, 5) is 16.5. The normalized spacial score (nSPS) is 9.92. The highest BCUT2D eigenvalue weighted by Crippen LogP contribution is 2.12. The lowest BCUT2D eigenvalue weighted by atomic mass is 10.5. The molecule has 66 valence electrons. The van der Waals surface area contributed by atoms with Crippen molar-refractivity contribution in [3.63, 3.8) is 0 Å². The van der Waals surface area contributed by atoms with Crippen LogP contribution in [0.3, 0.4) is 0 Å². The SMILES string of the molecule is CCN(C(C)=O)c1nc(C)co1. The maximum atomic E-state index is 11.0. The van der Waals surface area contributed by atoms with Crippen LogP contribution in [-0.2, 0) is 4.79 Å². The van der Waals surface area contributed by atoms with Gasteiger partial charge < -0.3 is 4.42 Å². The zero-order valence-electron chi connectivity index (χ0n) is 7.50. The van der Waals surface area contributed by atoms with E-state index in [1.807, 2.05) is 13.8 Å².